The van der Waals surface area contributed by atoms with E-state index in [1.165, 1.54) is 0 Å². The van der Waals surface area contributed by atoms with Crippen LogP contribution in [0.1, 0.15) is 11.1 Å². The first kappa shape index (κ1) is 10.9. The Hall–Kier alpha value is -1.64. The molecule has 0 aliphatic heterocycles. The molecule has 16 heavy (non-hydrogen) atoms. The van der Waals surface area contributed by atoms with E-state index in [2.05, 4.69) is 5.48 Å². The minimum absolute atomic E-state index is 1.02. The number of benzene rings is 2. The van der Waals surface area contributed by atoms with Gasteiger partial charge in [-0.25, -0.2) is 0 Å². The van der Waals surface area contributed by atoms with Crippen LogP contribution in [0, 0.1) is 13.2 Å². The maximum Gasteiger partial charge on any atom is 0.136 e. The minimum atomic E-state index is 1.02. The molecule has 0 saturated carbocycles. The van der Waals surface area contributed by atoms with E-state index < -0.39 is 0 Å². The van der Waals surface area contributed by atoms with Gasteiger partial charge in [0, 0.05) is 0 Å². The van der Waals surface area contributed by atoms with Crippen molar-refractivity contribution >= 4 is 0 Å². The van der Waals surface area contributed by atoms with Gasteiger partial charge in [-0.1, -0.05) is 60.7 Å². The smallest absolute Gasteiger partial charge is 0.136 e. The SMILES string of the molecule is [CH](NO[CH]c1ccccc1)c1ccccc1. The van der Waals surface area contributed by atoms with E-state index in [0.717, 1.165) is 11.1 Å². The Kier molecular flexibility index (Phi) is 4.11. The lowest BCUT2D eigenvalue weighted by Gasteiger charge is -2.04. The van der Waals surface area contributed by atoms with Crippen molar-refractivity contribution in [3.63, 3.8) is 0 Å². The van der Waals surface area contributed by atoms with Crippen molar-refractivity contribution in [1.29, 1.82) is 0 Å². The number of nitrogens with one attached hydrogen (secondary N) is 1. The maximum atomic E-state index is 5.19. The van der Waals surface area contributed by atoms with Crippen LogP contribution >= 0.6 is 0 Å². The second-order valence-corrected chi connectivity index (χ2v) is 3.32. The molecular weight excluding hydrogens is 198 g/mol. The molecule has 2 heteroatoms. The first-order valence-electron chi connectivity index (χ1n) is 5.13. The van der Waals surface area contributed by atoms with Gasteiger partial charge >= 0.3 is 0 Å². The molecule has 0 saturated heterocycles. The Labute approximate surface area is 95.8 Å². The van der Waals surface area contributed by atoms with Crippen molar-refractivity contribution in [1.82, 2.24) is 5.48 Å². The molecule has 2 aromatic carbocycles. The topological polar surface area (TPSA) is 21.3 Å². The van der Waals surface area contributed by atoms with Gasteiger partial charge in [0.1, 0.15) is 6.61 Å². The van der Waals surface area contributed by atoms with Gasteiger partial charge in [-0.3, -0.25) is 4.84 Å². The Morgan fingerprint density at radius 1 is 0.750 bits per heavy atom. The summed E-state index contributed by atoms with van der Waals surface area (Å²) in [5.41, 5.74) is 4.87. The summed E-state index contributed by atoms with van der Waals surface area (Å²) in [4.78, 5) is 5.19. The fourth-order valence-electron chi connectivity index (χ4n) is 1.28. The standard InChI is InChI=1S/C14H13NO/c1-3-7-13(8-4-1)11-15-16-12-14-9-5-2-6-10-14/h1-12,15H. The number of rotatable bonds is 5. The minimum Gasteiger partial charge on any atom is -0.290 e. The lowest BCUT2D eigenvalue weighted by molar-refractivity contribution is 0.130. The predicted molar refractivity (Wildman–Crippen MR) is 63.9 cm³/mol. The Balaban J connectivity index is 1.70. The Bertz CT molecular complexity index is 358. The lowest BCUT2D eigenvalue weighted by Crippen LogP contribution is -2.10. The first-order chi connectivity index (χ1) is 7.95. The van der Waals surface area contributed by atoms with E-state index >= 15 is 0 Å². The van der Waals surface area contributed by atoms with E-state index in [1.54, 1.807) is 13.2 Å². The van der Waals surface area contributed by atoms with Crippen molar-refractivity contribution in [3.05, 3.63) is 84.9 Å². The van der Waals surface area contributed by atoms with E-state index in [-0.39, 0.29) is 0 Å². The van der Waals surface area contributed by atoms with Crippen LogP contribution in [0.4, 0.5) is 0 Å². The molecular formula is C14H13NO. The maximum absolute atomic E-state index is 5.19. The van der Waals surface area contributed by atoms with Gasteiger partial charge < -0.3 is 0 Å². The molecule has 0 spiro atoms. The zero-order valence-electron chi connectivity index (χ0n) is 8.84. The fourth-order valence-corrected chi connectivity index (χ4v) is 1.28. The molecule has 0 aliphatic rings. The van der Waals surface area contributed by atoms with Crippen LogP contribution < -0.4 is 5.48 Å². The molecule has 1 N–H and O–H groups in total. The third-order valence-corrected chi connectivity index (χ3v) is 2.09. The molecule has 80 valence electrons. The average molecular weight is 211 g/mol. The lowest BCUT2D eigenvalue weighted by atomic mass is 10.2. The third kappa shape index (κ3) is 3.50. The fraction of sp³-hybridized carbons (Fsp3) is 0. The molecule has 0 amide bonds. The monoisotopic (exact) mass is 211 g/mol. The normalized spacial score (nSPS) is 10.2. The number of hydroxylamine groups is 1. The van der Waals surface area contributed by atoms with Crippen LogP contribution in [0.15, 0.2) is 60.7 Å². The van der Waals surface area contributed by atoms with E-state index in [1.807, 2.05) is 60.7 Å². The zero-order valence-corrected chi connectivity index (χ0v) is 8.84. The summed E-state index contributed by atoms with van der Waals surface area (Å²) in [5.74, 6) is 0. The highest BCUT2D eigenvalue weighted by Crippen LogP contribution is 2.03. The quantitative estimate of drug-likeness (QED) is 0.606. The molecule has 0 fully saturated rings. The molecule has 0 atom stereocenters. The molecule has 0 bridgehead atoms. The van der Waals surface area contributed by atoms with Crippen LogP contribution in [0.5, 0.6) is 0 Å². The number of hydrogen-bond acceptors (Lipinski definition) is 2. The van der Waals surface area contributed by atoms with Crippen LogP contribution in [0.2, 0.25) is 0 Å². The van der Waals surface area contributed by atoms with Crippen LogP contribution in [0.25, 0.3) is 0 Å². The summed E-state index contributed by atoms with van der Waals surface area (Å²) in [7, 11) is 0. The van der Waals surface area contributed by atoms with Crippen molar-refractivity contribution in [2.24, 2.45) is 0 Å². The largest absolute Gasteiger partial charge is 0.290 e. The third-order valence-electron chi connectivity index (χ3n) is 2.09. The molecule has 2 aromatic rings. The van der Waals surface area contributed by atoms with Gasteiger partial charge in [0.05, 0.1) is 6.54 Å². The molecule has 0 aliphatic carbocycles. The Morgan fingerprint density at radius 2 is 1.31 bits per heavy atom. The van der Waals surface area contributed by atoms with E-state index in [9.17, 15) is 0 Å². The van der Waals surface area contributed by atoms with E-state index in [0.29, 0.717) is 0 Å². The highest BCUT2D eigenvalue weighted by molar-refractivity contribution is 5.22. The average Bonchev–Trinajstić information content (AvgIpc) is 2.37. The molecule has 0 heterocycles. The molecule has 2 rings (SSSR count). The van der Waals surface area contributed by atoms with Crippen LogP contribution in [-0.4, -0.2) is 0 Å². The predicted octanol–water partition coefficient (Wildman–Crippen LogP) is 2.93. The van der Waals surface area contributed by atoms with Crippen LogP contribution in [-0.2, 0) is 4.84 Å². The van der Waals surface area contributed by atoms with Crippen molar-refractivity contribution in [2.75, 3.05) is 0 Å². The van der Waals surface area contributed by atoms with Crippen molar-refractivity contribution in [3.8, 4) is 0 Å². The second kappa shape index (κ2) is 6.05. The summed E-state index contributed by atoms with van der Waals surface area (Å²) in [6.45, 7) is 3.47. The summed E-state index contributed by atoms with van der Waals surface area (Å²) < 4.78 is 0. The molecule has 2 nitrogen and oxygen atoms in total. The first-order valence-corrected chi connectivity index (χ1v) is 5.13. The van der Waals surface area contributed by atoms with Crippen LogP contribution in [0.3, 0.4) is 0 Å². The van der Waals surface area contributed by atoms with Gasteiger partial charge in [-0.05, 0) is 11.1 Å². The highest BCUT2D eigenvalue weighted by atomic mass is 16.6. The van der Waals surface area contributed by atoms with Gasteiger partial charge in [-0.15, -0.1) is 0 Å². The summed E-state index contributed by atoms with van der Waals surface area (Å²) >= 11 is 0. The number of hydrogen-bond donors (Lipinski definition) is 1. The summed E-state index contributed by atoms with van der Waals surface area (Å²) in [6.07, 6.45) is 0. The van der Waals surface area contributed by atoms with Crippen molar-refractivity contribution in [2.45, 2.75) is 0 Å². The Morgan fingerprint density at radius 3 is 1.94 bits per heavy atom. The summed E-state index contributed by atoms with van der Waals surface area (Å²) in [5, 5.41) is 0. The van der Waals surface area contributed by atoms with Gasteiger partial charge in [0.2, 0.25) is 0 Å². The van der Waals surface area contributed by atoms with Crippen molar-refractivity contribution < 1.29 is 4.84 Å². The summed E-state index contributed by atoms with van der Waals surface area (Å²) in [6, 6.07) is 19.8. The van der Waals surface area contributed by atoms with Gasteiger partial charge in [-0.2, -0.15) is 5.48 Å². The van der Waals surface area contributed by atoms with Gasteiger partial charge in [0.25, 0.3) is 0 Å². The molecule has 2 radical (unpaired) electrons. The second-order valence-electron chi connectivity index (χ2n) is 3.32. The molecule has 0 aromatic heterocycles. The van der Waals surface area contributed by atoms with E-state index in [4.69, 9.17) is 4.84 Å². The highest BCUT2D eigenvalue weighted by Gasteiger charge is 1.94. The molecule has 0 unspecified atom stereocenters. The zero-order chi connectivity index (χ0) is 11.1. The van der Waals surface area contributed by atoms with Gasteiger partial charge in [0.15, 0.2) is 0 Å².